The van der Waals surface area contributed by atoms with Gasteiger partial charge in [-0.15, -0.1) is 0 Å². The molecule has 2 aromatic rings. The van der Waals surface area contributed by atoms with Crippen LogP contribution < -0.4 is 10.5 Å². The first-order valence-corrected chi connectivity index (χ1v) is 8.00. The van der Waals surface area contributed by atoms with Crippen molar-refractivity contribution in [3.63, 3.8) is 0 Å². The minimum Gasteiger partial charge on any atom is -0.310 e. The van der Waals surface area contributed by atoms with E-state index in [9.17, 15) is 32.9 Å². The number of rotatable bonds is 3. The quantitative estimate of drug-likeness (QED) is 0.584. The van der Waals surface area contributed by atoms with Crippen LogP contribution in [0, 0.1) is 10.1 Å². The average Bonchev–Trinajstić information content (AvgIpc) is 3.00. The predicted molar refractivity (Wildman–Crippen MR) is 89.9 cm³/mol. The van der Waals surface area contributed by atoms with Crippen LogP contribution in [-0.4, -0.2) is 21.9 Å². The van der Waals surface area contributed by atoms with Gasteiger partial charge in [0, 0.05) is 30.6 Å². The fraction of sp³-hybridized carbons (Fsp3) is 0.250. The maximum absolute atomic E-state index is 12.9. The topological polar surface area (TPSA) is 85.5 Å². The van der Waals surface area contributed by atoms with Crippen LogP contribution in [0.5, 0.6) is 0 Å². The molecule has 0 saturated heterocycles. The smallest absolute Gasteiger partial charge is 0.310 e. The first-order valence-electron chi connectivity index (χ1n) is 7.63. The largest absolute Gasteiger partial charge is 0.417 e. The van der Waals surface area contributed by atoms with E-state index in [1.807, 2.05) is 0 Å². The lowest BCUT2D eigenvalue weighted by atomic mass is 10.1. The fourth-order valence-electron chi connectivity index (χ4n) is 2.86. The van der Waals surface area contributed by atoms with Crippen molar-refractivity contribution in [1.82, 2.24) is 4.57 Å². The van der Waals surface area contributed by atoms with Gasteiger partial charge in [0.2, 0.25) is 5.91 Å². The molecule has 1 aromatic heterocycles. The molecule has 0 saturated carbocycles. The van der Waals surface area contributed by atoms with Crippen LogP contribution in [0.2, 0.25) is 5.02 Å². The van der Waals surface area contributed by atoms with Crippen LogP contribution in [-0.2, 0) is 23.9 Å². The van der Waals surface area contributed by atoms with E-state index >= 15 is 0 Å². The van der Waals surface area contributed by atoms with E-state index in [-0.39, 0.29) is 12.2 Å². The number of amides is 1. The molecule has 7 nitrogen and oxygen atoms in total. The van der Waals surface area contributed by atoms with Crippen molar-refractivity contribution < 1.29 is 22.9 Å². The lowest BCUT2D eigenvalue weighted by Gasteiger charge is -2.18. The van der Waals surface area contributed by atoms with Crippen molar-refractivity contribution in [2.75, 3.05) is 11.4 Å². The minimum absolute atomic E-state index is 0.121. The number of aromatic nitrogens is 1. The number of halogens is 4. The van der Waals surface area contributed by atoms with Crippen molar-refractivity contribution >= 4 is 28.9 Å². The monoisotopic (exact) mass is 401 g/mol. The zero-order valence-corrected chi connectivity index (χ0v) is 14.3. The highest BCUT2D eigenvalue weighted by Crippen LogP contribution is 2.32. The number of nitro groups is 1. The van der Waals surface area contributed by atoms with Gasteiger partial charge in [-0.25, -0.2) is 0 Å². The molecule has 27 heavy (non-hydrogen) atoms. The zero-order valence-electron chi connectivity index (χ0n) is 13.5. The van der Waals surface area contributed by atoms with Crippen LogP contribution in [0.1, 0.15) is 11.1 Å². The first kappa shape index (κ1) is 18.9. The summed E-state index contributed by atoms with van der Waals surface area (Å²) in [6, 6.07) is 4.49. The molecule has 0 fully saturated rings. The van der Waals surface area contributed by atoms with Crippen LogP contribution in [0.25, 0.3) is 0 Å². The van der Waals surface area contributed by atoms with Gasteiger partial charge in [-0.2, -0.15) is 13.2 Å². The van der Waals surface area contributed by atoms with E-state index in [4.69, 9.17) is 11.6 Å². The molecule has 0 bridgehead atoms. The molecule has 3 rings (SSSR count). The Morgan fingerprint density at radius 2 is 2.00 bits per heavy atom. The maximum Gasteiger partial charge on any atom is 0.417 e. The summed E-state index contributed by atoms with van der Waals surface area (Å²) in [5.41, 5.74) is -1.17. The number of anilines is 1. The van der Waals surface area contributed by atoms with Gasteiger partial charge < -0.3 is 9.47 Å². The second-order valence-corrected chi connectivity index (χ2v) is 6.28. The van der Waals surface area contributed by atoms with E-state index in [0.717, 1.165) is 0 Å². The molecule has 0 N–H and O–H groups in total. The number of hydrogen-bond acceptors (Lipinski definition) is 4. The third kappa shape index (κ3) is 3.65. The van der Waals surface area contributed by atoms with E-state index < -0.39 is 39.7 Å². The van der Waals surface area contributed by atoms with Crippen molar-refractivity contribution in [2.24, 2.45) is 0 Å². The number of nitrogens with zero attached hydrogens (tertiary/aromatic N) is 3. The molecule has 1 aliphatic rings. The van der Waals surface area contributed by atoms with E-state index in [1.54, 1.807) is 0 Å². The lowest BCUT2D eigenvalue weighted by molar-refractivity contribution is -0.384. The molecule has 0 atom stereocenters. The SMILES string of the molecule is O=C(Cn1cc(C(F)(F)F)cc(Cl)c1=O)N1CCc2cc([N+](=O)[O-])ccc21. The number of carbonyl (C=O) groups excluding carboxylic acids is 1. The number of nitro benzene ring substituents is 1. The third-order valence-corrected chi connectivity index (χ3v) is 4.42. The Kier molecular flexibility index (Phi) is 4.68. The third-order valence-electron chi connectivity index (χ3n) is 4.15. The number of alkyl halides is 3. The van der Waals surface area contributed by atoms with Gasteiger partial charge in [0.25, 0.3) is 11.2 Å². The van der Waals surface area contributed by atoms with Gasteiger partial charge in [0.15, 0.2) is 0 Å². The number of hydrogen-bond donors (Lipinski definition) is 0. The van der Waals surface area contributed by atoms with Gasteiger partial charge >= 0.3 is 6.18 Å². The van der Waals surface area contributed by atoms with Crippen LogP contribution >= 0.6 is 11.6 Å². The van der Waals surface area contributed by atoms with Crippen LogP contribution in [0.4, 0.5) is 24.5 Å². The minimum atomic E-state index is -4.72. The Morgan fingerprint density at radius 1 is 1.30 bits per heavy atom. The lowest BCUT2D eigenvalue weighted by Crippen LogP contribution is -2.36. The molecule has 142 valence electrons. The molecular weight excluding hydrogens is 391 g/mol. The summed E-state index contributed by atoms with van der Waals surface area (Å²) in [5, 5.41) is 10.2. The van der Waals surface area contributed by atoms with Crippen LogP contribution in [0.3, 0.4) is 0 Å². The summed E-state index contributed by atoms with van der Waals surface area (Å²) in [7, 11) is 0. The summed E-state index contributed by atoms with van der Waals surface area (Å²) in [4.78, 5) is 36.0. The number of non-ortho nitro benzene ring substituents is 1. The Bertz CT molecular complexity index is 1000. The van der Waals surface area contributed by atoms with Crippen molar-refractivity contribution in [3.05, 3.63) is 67.1 Å². The number of fused-ring (bicyclic) bond motifs is 1. The summed E-state index contributed by atoms with van der Waals surface area (Å²) in [6.45, 7) is -0.435. The molecule has 0 spiro atoms. The van der Waals surface area contributed by atoms with Crippen LogP contribution in [0.15, 0.2) is 35.3 Å². The summed E-state index contributed by atoms with van der Waals surface area (Å²) < 4.78 is 39.3. The molecule has 11 heteroatoms. The van der Waals surface area contributed by atoms with Crippen molar-refractivity contribution in [3.8, 4) is 0 Å². The molecule has 0 aliphatic carbocycles. The zero-order chi connectivity index (χ0) is 19.9. The molecular formula is C16H11ClF3N3O4. The maximum atomic E-state index is 12.9. The Morgan fingerprint density at radius 3 is 2.63 bits per heavy atom. The Hall–Kier alpha value is -2.88. The number of carbonyl (C=O) groups is 1. The van der Waals surface area contributed by atoms with Gasteiger partial charge in [-0.05, 0) is 24.1 Å². The van der Waals surface area contributed by atoms with E-state index in [0.29, 0.717) is 34.5 Å². The molecule has 2 heterocycles. The molecule has 1 aliphatic heterocycles. The number of benzene rings is 1. The molecule has 0 unspecified atom stereocenters. The van der Waals surface area contributed by atoms with Gasteiger partial charge in [-0.3, -0.25) is 19.7 Å². The Balaban J connectivity index is 1.89. The summed E-state index contributed by atoms with van der Waals surface area (Å²) >= 11 is 5.57. The Labute approximate surface area is 154 Å². The second-order valence-electron chi connectivity index (χ2n) is 5.87. The number of pyridine rings is 1. The van der Waals surface area contributed by atoms with Crippen molar-refractivity contribution in [1.29, 1.82) is 0 Å². The first-order chi connectivity index (χ1) is 12.6. The average molecular weight is 402 g/mol. The van der Waals surface area contributed by atoms with Gasteiger partial charge in [0.05, 0.1) is 10.5 Å². The molecule has 0 radical (unpaired) electrons. The van der Waals surface area contributed by atoms with E-state index in [2.05, 4.69) is 0 Å². The van der Waals surface area contributed by atoms with Gasteiger partial charge in [0.1, 0.15) is 11.6 Å². The standard InChI is InChI=1S/C16H11ClF3N3O4/c17-12-6-10(16(18,19)20)7-21(15(12)25)8-14(24)22-4-3-9-5-11(23(26)27)1-2-13(9)22/h1-2,5-7H,3-4,8H2. The van der Waals surface area contributed by atoms with Gasteiger partial charge in [-0.1, -0.05) is 11.6 Å². The van der Waals surface area contributed by atoms with E-state index in [1.165, 1.54) is 23.1 Å². The summed E-state index contributed by atoms with van der Waals surface area (Å²) in [5.74, 6) is -0.625. The van der Waals surface area contributed by atoms with Crippen molar-refractivity contribution in [2.45, 2.75) is 19.1 Å². The highest BCUT2D eigenvalue weighted by Gasteiger charge is 2.33. The molecule has 1 aromatic carbocycles. The predicted octanol–water partition coefficient (Wildman–Crippen LogP) is 3.02. The highest BCUT2D eigenvalue weighted by atomic mass is 35.5. The fourth-order valence-corrected chi connectivity index (χ4v) is 3.09. The second kappa shape index (κ2) is 6.69. The summed E-state index contributed by atoms with van der Waals surface area (Å²) in [6.07, 6.45) is -3.82. The normalized spacial score (nSPS) is 13.6. The molecule has 1 amide bonds. The highest BCUT2D eigenvalue weighted by molar-refractivity contribution is 6.30.